The number of nitrogens with zero attached hydrogens (tertiary/aromatic N) is 1. The number of benzene rings is 2. The molecule has 1 amide bonds. The molecule has 0 unspecified atom stereocenters. The molecule has 2 aromatic carbocycles. The fraction of sp³-hybridized carbons (Fsp3) is 0.333. The Labute approximate surface area is 216 Å². The molecule has 1 N–H and O–H groups in total. The number of hydrogen-bond donors (Lipinski definition) is 1. The monoisotopic (exact) mass is 501 g/mol. The van der Waals surface area contributed by atoms with Crippen molar-refractivity contribution >= 4 is 17.4 Å². The third-order valence-electron chi connectivity index (χ3n) is 6.83. The molecule has 5 rings (SSSR count). The van der Waals surface area contributed by atoms with Gasteiger partial charge in [-0.15, -0.1) is 0 Å². The molecule has 0 bridgehead atoms. The number of carbonyl (C=O) groups is 2. The highest BCUT2D eigenvalue weighted by Crippen LogP contribution is 2.41. The number of carbonyl (C=O) groups excluding carboxylic acids is 2. The second-order valence-electron chi connectivity index (χ2n) is 9.59. The van der Waals surface area contributed by atoms with Crippen molar-refractivity contribution in [1.82, 2.24) is 4.90 Å². The molecule has 0 saturated carbocycles. The summed E-state index contributed by atoms with van der Waals surface area (Å²) < 4.78 is 17.1. The van der Waals surface area contributed by atoms with Crippen molar-refractivity contribution in [3.63, 3.8) is 0 Å². The average molecular weight is 502 g/mol. The lowest BCUT2D eigenvalue weighted by Crippen LogP contribution is -2.29. The van der Waals surface area contributed by atoms with Crippen LogP contribution in [0.4, 0.5) is 0 Å². The molecule has 1 aromatic heterocycles. The van der Waals surface area contributed by atoms with Gasteiger partial charge in [-0.2, -0.15) is 0 Å². The highest BCUT2D eigenvalue weighted by atomic mass is 16.5. The molecule has 3 heterocycles. The van der Waals surface area contributed by atoms with E-state index in [-0.39, 0.29) is 24.0 Å². The Hall–Kier alpha value is -4.00. The third kappa shape index (κ3) is 4.99. The number of ketones is 1. The first-order chi connectivity index (χ1) is 18.0. The van der Waals surface area contributed by atoms with E-state index in [0.717, 1.165) is 36.3 Å². The van der Waals surface area contributed by atoms with Crippen molar-refractivity contribution in [2.24, 2.45) is 0 Å². The van der Waals surface area contributed by atoms with Crippen molar-refractivity contribution in [3.8, 4) is 11.5 Å². The van der Waals surface area contributed by atoms with Gasteiger partial charge in [0.15, 0.2) is 0 Å². The summed E-state index contributed by atoms with van der Waals surface area (Å²) in [4.78, 5) is 28.0. The maximum Gasteiger partial charge on any atom is 0.296 e. The lowest BCUT2D eigenvalue weighted by atomic mass is 9.94. The van der Waals surface area contributed by atoms with Gasteiger partial charge in [-0.25, -0.2) is 0 Å². The van der Waals surface area contributed by atoms with Gasteiger partial charge in [0.1, 0.15) is 29.1 Å². The summed E-state index contributed by atoms with van der Waals surface area (Å²) in [6, 6.07) is 15.4. The van der Waals surface area contributed by atoms with Gasteiger partial charge in [-0.1, -0.05) is 31.9 Å². The van der Waals surface area contributed by atoms with Gasteiger partial charge in [0, 0.05) is 12.0 Å². The van der Waals surface area contributed by atoms with E-state index in [9.17, 15) is 14.7 Å². The zero-order chi connectivity index (χ0) is 25.9. The number of fused-ring (bicyclic) bond motifs is 1. The molecule has 3 aromatic rings. The number of likely N-dealkylation sites (tertiary alicyclic amines) is 1. The number of aliphatic hydroxyl groups excluding tert-OH is 1. The van der Waals surface area contributed by atoms with E-state index in [4.69, 9.17) is 13.9 Å². The number of hydrogen-bond acceptors (Lipinski definition) is 6. The minimum Gasteiger partial charge on any atom is -0.507 e. The Morgan fingerprint density at radius 1 is 1.11 bits per heavy atom. The molecule has 37 heavy (non-hydrogen) atoms. The van der Waals surface area contributed by atoms with Crippen LogP contribution in [-0.4, -0.2) is 34.4 Å². The molecule has 1 saturated heterocycles. The molecule has 2 aliphatic rings. The van der Waals surface area contributed by atoms with Gasteiger partial charge in [0.25, 0.3) is 11.7 Å². The SMILES string of the molecule is CCCCCOc1ccc([C@@H]2C(=C(O)c3ccc4c(c3)C[C@H](C)O4)C(=O)C(=O)N2Cc2ccco2)cc1. The summed E-state index contributed by atoms with van der Waals surface area (Å²) >= 11 is 0. The molecule has 2 atom stereocenters. The van der Waals surface area contributed by atoms with Crippen molar-refractivity contribution in [1.29, 1.82) is 0 Å². The number of aliphatic hydroxyl groups is 1. The summed E-state index contributed by atoms with van der Waals surface area (Å²) in [6.45, 7) is 4.86. The molecular weight excluding hydrogens is 470 g/mol. The summed E-state index contributed by atoms with van der Waals surface area (Å²) in [5.74, 6) is 0.433. The van der Waals surface area contributed by atoms with Crippen molar-refractivity contribution in [3.05, 3.63) is 88.9 Å². The molecule has 0 spiro atoms. The van der Waals surface area contributed by atoms with Gasteiger partial charge in [-0.05, 0) is 66.9 Å². The van der Waals surface area contributed by atoms with E-state index in [1.807, 2.05) is 37.3 Å². The molecule has 7 nitrogen and oxygen atoms in total. The average Bonchev–Trinajstić information content (AvgIpc) is 3.61. The Bertz CT molecular complexity index is 1310. The van der Waals surface area contributed by atoms with Crippen LogP contribution in [0.15, 0.2) is 70.9 Å². The number of ether oxygens (including phenoxy) is 2. The molecule has 1 fully saturated rings. The minimum atomic E-state index is -0.775. The van der Waals surface area contributed by atoms with Crippen LogP contribution < -0.4 is 9.47 Å². The molecular formula is C30H31NO6. The van der Waals surface area contributed by atoms with Crippen molar-refractivity contribution in [2.75, 3.05) is 6.61 Å². The third-order valence-corrected chi connectivity index (χ3v) is 6.83. The molecule has 192 valence electrons. The lowest BCUT2D eigenvalue weighted by molar-refractivity contribution is -0.140. The smallest absolute Gasteiger partial charge is 0.296 e. The zero-order valence-corrected chi connectivity index (χ0v) is 21.1. The maximum atomic E-state index is 13.3. The second-order valence-corrected chi connectivity index (χ2v) is 9.59. The first-order valence-electron chi connectivity index (χ1n) is 12.8. The van der Waals surface area contributed by atoms with E-state index in [1.165, 1.54) is 11.2 Å². The number of rotatable bonds is 9. The summed E-state index contributed by atoms with van der Waals surface area (Å²) in [6.07, 6.45) is 5.49. The molecule has 0 aliphatic carbocycles. The highest BCUT2D eigenvalue weighted by molar-refractivity contribution is 6.46. The van der Waals surface area contributed by atoms with E-state index in [0.29, 0.717) is 29.9 Å². The summed E-state index contributed by atoms with van der Waals surface area (Å²) in [5.41, 5.74) is 2.20. The second kappa shape index (κ2) is 10.5. The van der Waals surface area contributed by atoms with Crippen LogP contribution in [0.2, 0.25) is 0 Å². The Morgan fingerprint density at radius 3 is 2.65 bits per heavy atom. The first-order valence-corrected chi connectivity index (χ1v) is 12.8. The highest BCUT2D eigenvalue weighted by Gasteiger charge is 2.46. The number of furan rings is 1. The minimum absolute atomic E-state index is 0.0500. The normalized spacial score (nSPS) is 20.2. The number of unbranched alkanes of at least 4 members (excludes halogenated alkanes) is 2. The van der Waals surface area contributed by atoms with Crippen LogP contribution in [-0.2, 0) is 22.6 Å². The summed E-state index contributed by atoms with van der Waals surface area (Å²) in [7, 11) is 0. The fourth-order valence-electron chi connectivity index (χ4n) is 4.97. The van der Waals surface area contributed by atoms with E-state index in [1.54, 1.807) is 24.3 Å². The predicted octanol–water partition coefficient (Wildman–Crippen LogP) is 5.79. The summed E-state index contributed by atoms with van der Waals surface area (Å²) in [5, 5.41) is 11.4. The van der Waals surface area contributed by atoms with E-state index < -0.39 is 17.7 Å². The van der Waals surface area contributed by atoms with Gasteiger partial charge in [0.2, 0.25) is 0 Å². The standard InChI is InChI=1S/C30H31NO6/c1-3-4-5-14-35-23-11-8-20(9-12-23)27-26(29(33)30(34)31(27)18-24-7-6-15-36-24)28(32)21-10-13-25-22(17-21)16-19(2)37-25/h6-13,15,17,19,27,32H,3-5,14,16,18H2,1-2H3/t19-,27+/m0/s1. The largest absolute Gasteiger partial charge is 0.507 e. The van der Waals surface area contributed by atoms with Crippen LogP contribution in [0.3, 0.4) is 0 Å². The van der Waals surface area contributed by atoms with Gasteiger partial charge in [-0.3, -0.25) is 9.59 Å². The van der Waals surface area contributed by atoms with E-state index >= 15 is 0 Å². The number of Topliss-reactive ketones (excluding diaryl/α,β-unsaturated/α-hetero) is 1. The first kappa shape index (κ1) is 24.7. The van der Waals surface area contributed by atoms with Crippen LogP contribution in [0.1, 0.15) is 61.6 Å². The Kier molecular flexibility index (Phi) is 7.04. The van der Waals surface area contributed by atoms with Crippen molar-refractivity contribution < 1.29 is 28.6 Å². The topological polar surface area (TPSA) is 89.2 Å². The fourth-order valence-corrected chi connectivity index (χ4v) is 4.97. The van der Waals surface area contributed by atoms with Gasteiger partial charge in [0.05, 0.1) is 31.0 Å². The van der Waals surface area contributed by atoms with E-state index in [2.05, 4.69) is 6.92 Å². The van der Waals surface area contributed by atoms with Gasteiger partial charge >= 0.3 is 0 Å². The zero-order valence-electron chi connectivity index (χ0n) is 21.1. The Balaban J connectivity index is 1.52. The maximum absolute atomic E-state index is 13.3. The van der Waals surface area contributed by atoms with Gasteiger partial charge < -0.3 is 23.9 Å². The van der Waals surface area contributed by atoms with Crippen LogP contribution >= 0.6 is 0 Å². The quantitative estimate of drug-likeness (QED) is 0.173. The van der Waals surface area contributed by atoms with Crippen LogP contribution in [0, 0.1) is 0 Å². The van der Waals surface area contributed by atoms with Crippen molar-refractivity contribution in [2.45, 2.75) is 58.2 Å². The van der Waals surface area contributed by atoms with Crippen LogP contribution in [0.25, 0.3) is 5.76 Å². The predicted molar refractivity (Wildman–Crippen MR) is 138 cm³/mol. The molecule has 0 radical (unpaired) electrons. The molecule has 7 heteroatoms. The Morgan fingerprint density at radius 2 is 1.92 bits per heavy atom. The number of amides is 1. The molecule has 2 aliphatic heterocycles. The lowest BCUT2D eigenvalue weighted by Gasteiger charge is -2.24. The van der Waals surface area contributed by atoms with Crippen LogP contribution in [0.5, 0.6) is 11.5 Å².